The summed E-state index contributed by atoms with van der Waals surface area (Å²) < 4.78 is 39.0. The van der Waals surface area contributed by atoms with Crippen molar-refractivity contribution >= 4 is 26.7 Å². The summed E-state index contributed by atoms with van der Waals surface area (Å²) >= 11 is 0. The fraction of sp³-hybridized carbons (Fsp3) is 0.400. The molecule has 0 N–H and O–H groups in total. The predicted molar refractivity (Wildman–Crippen MR) is 198 cm³/mol. The molecule has 0 radical (unpaired) electrons. The van der Waals surface area contributed by atoms with Crippen LogP contribution in [0.1, 0.15) is 105 Å². The van der Waals surface area contributed by atoms with Gasteiger partial charge in [0.05, 0.1) is 0 Å². The van der Waals surface area contributed by atoms with E-state index in [9.17, 15) is 9.13 Å². The highest BCUT2D eigenvalue weighted by Gasteiger charge is 2.25. The highest BCUT2D eigenvalue weighted by Crippen LogP contribution is 2.41. The summed E-state index contributed by atoms with van der Waals surface area (Å²) in [4.78, 5) is 0. The molecule has 0 fully saturated rings. The Balaban J connectivity index is 1.49. The van der Waals surface area contributed by atoms with Gasteiger partial charge in [0.15, 0.2) is 0 Å². The van der Waals surface area contributed by atoms with Crippen molar-refractivity contribution in [2.24, 2.45) is 0 Å². The molecule has 0 spiro atoms. The zero-order valence-corrected chi connectivity index (χ0v) is 31.7. The fourth-order valence-electron chi connectivity index (χ4n) is 5.26. The standard InChI is InChI=1S/C40H52O4P2/c1-37(2,3)29-17-23-35(33(25-29)39(7,8)9)43-45(41)31-19-13-27(14-20-31)28-15-21-32(22-16-28)46(42)44-36-24-18-30(38(4,5)6)26-34(36)40(10,11)12/h13-26,45-46H,1-12H3. The maximum absolute atomic E-state index is 13.4. The van der Waals surface area contributed by atoms with Gasteiger partial charge in [-0.15, -0.1) is 0 Å². The first-order valence-electron chi connectivity index (χ1n) is 16.1. The van der Waals surface area contributed by atoms with Gasteiger partial charge in [-0.25, -0.2) is 0 Å². The Bertz CT molecular complexity index is 1590. The first kappa shape index (κ1) is 35.8. The van der Waals surface area contributed by atoms with Crippen molar-refractivity contribution in [2.45, 2.75) is 105 Å². The van der Waals surface area contributed by atoms with Gasteiger partial charge in [0, 0.05) is 21.7 Å². The van der Waals surface area contributed by atoms with E-state index in [1.807, 2.05) is 60.7 Å². The van der Waals surface area contributed by atoms with E-state index in [0.717, 1.165) is 22.3 Å². The quantitative estimate of drug-likeness (QED) is 0.185. The summed E-state index contributed by atoms with van der Waals surface area (Å²) in [5.41, 5.74) is 6.20. The molecule has 0 heterocycles. The SMILES string of the molecule is CC(C)(C)c1ccc(O[PH](=O)c2ccc(-c3ccc([PH](=O)Oc4ccc(C(C)(C)C)cc4C(C)(C)C)cc3)cc2)c(C(C)(C)C)c1. The second-order valence-corrected chi connectivity index (χ2v) is 19.1. The average molecular weight is 659 g/mol. The molecule has 0 amide bonds. The molecule has 4 aromatic rings. The number of hydrogen-bond donors (Lipinski definition) is 0. The third-order valence-electron chi connectivity index (χ3n) is 8.29. The van der Waals surface area contributed by atoms with Crippen LogP contribution >= 0.6 is 16.1 Å². The van der Waals surface area contributed by atoms with Crippen LogP contribution in [-0.4, -0.2) is 0 Å². The zero-order chi connectivity index (χ0) is 34.2. The van der Waals surface area contributed by atoms with Gasteiger partial charge >= 0.3 is 0 Å². The van der Waals surface area contributed by atoms with E-state index in [1.54, 1.807) is 0 Å². The lowest BCUT2D eigenvalue weighted by molar-refractivity contribution is 0.490. The molecule has 0 saturated carbocycles. The van der Waals surface area contributed by atoms with Gasteiger partial charge in [0.25, 0.3) is 16.1 Å². The van der Waals surface area contributed by atoms with Gasteiger partial charge in [-0.3, -0.25) is 9.13 Å². The van der Waals surface area contributed by atoms with Crippen molar-refractivity contribution in [1.82, 2.24) is 0 Å². The summed E-state index contributed by atoms with van der Waals surface area (Å²) in [6, 6.07) is 27.7. The van der Waals surface area contributed by atoms with Crippen molar-refractivity contribution in [3.8, 4) is 22.6 Å². The molecular weight excluding hydrogens is 606 g/mol. The van der Waals surface area contributed by atoms with E-state index in [-0.39, 0.29) is 21.7 Å². The van der Waals surface area contributed by atoms with Gasteiger partial charge in [-0.05, 0) is 80.3 Å². The Morgan fingerprint density at radius 3 is 0.978 bits per heavy atom. The van der Waals surface area contributed by atoms with Gasteiger partial charge in [0.2, 0.25) is 0 Å². The minimum Gasteiger partial charge on any atom is -0.441 e. The summed E-state index contributed by atoms with van der Waals surface area (Å²) in [6.07, 6.45) is 0. The summed E-state index contributed by atoms with van der Waals surface area (Å²) in [7, 11) is -5.05. The van der Waals surface area contributed by atoms with Crippen LogP contribution in [0.2, 0.25) is 0 Å². The molecule has 0 aliphatic rings. The fourth-order valence-corrected chi connectivity index (χ4v) is 7.13. The van der Waals surface area contributed by atoms with Crippen LogP contribution in [0, 0.1) is 0 Å². The Morgan fingerprint density at radius 1 is 0.413 bits per heavy atom. The minimum atomic E-state index is -2.52. The van der Waals surface area contributed by atoms with Crippen LogP contribution in [0.3, 0.4) is 0 Å². The molecule has 0 aromatic heterocycles. The van der Waals surface area contributed by atoms with Crippen molar-refractivity contribution in [3.63, 3.8) is 0 Å². The molecule has 6 heteroatoms. The predicted octanol–water partition coefficient (Wildman–Crippen LogP) is 10.9. The van der Waals surface area contributed by atoms with E-state index in [0.29, 0.717) is 22.1 Å². The maximum Gasteiger partial charge on any atom is 0.265 e. The molecule has 246 valence electrons. The monoisotopic (exact) mass is 658 g/mol. The lowest BCUT2D eigenvalue weighted by Gasteiger charge is -2.27. The molecule has 0 bridgehead atoms. The van der Waals surface area contributed by atoms with Crippen LogP contribution in [0.15, 0.2) is 84.9 Å². The molecular formula is C40H52O4P2. The van der Waals surface area contributed by atoms with Crippen LogP contribution in [-0.2, 0) is 30.8 Å². The van der Waals surface area contributed by atoms with Gasteiger partial charge in [0.1, 0.15) is 11.5 Å². The molecule has 0 aliphatic heterocycles. The summed E-state index contributed by atoms with van der Waals surface area (Å²) in [5.74, 6) is 1.34. The van der Waals surface area contributed by atoms with Crippen molar-refractivity contribution in [1.29, 1.82) is 0 Å². The zero-order valence-electron chi connectivity index (χ0n) is 29.7. The highest BCUT2D eigenvalue weighted by atomic mass is 31.1. The van der Waals surface area contributed by atoms with Crippen molar-refractivity contribution in [3.05, 3.63) is 107 Å². The van der Waals surface area contributed by atoms with E-state index in [4.69, 9.17) is 9.05 Å². The Labute approximate surface area is 278 Å². The largest absolute Gasteiger partial charge is 0.441 e. The lowest BCUT2D eigenvalue weighted by atomic mass is 9.80. The number of benzene rings is 4. The molecule has 2 unspecified atom stereocenters. The second kappa shape index (κ2) is 13.2. The number of hydrogen-bond acceptors (Lipinski definition) is 4. The van der Waals surface area contributed by atoms with Crippen LogP contribution in [0.4, 0.5) is 0 Å². The summed E-state index contributed by atoms with van der Waals surface area (Å²) in [5, 5.41) is 1.33. The molecule has 46 heavy (non-hydrogen) atoms. The molecule has 4 aromatic carbocycles. The second-order valence-electron chi connectivity index (χ2n) is 16.4. The minimum absolute atomic E-state index is 0.00912. The summed E-state index contributed by atoms with van der Waals surface area (Å²) in [6.45, 7) is 26.0. The van der Waals surface area contributed by atoms with Crippen molar-refractivity contribution in [2.75, 3.05) is 0 Å². The van der Waals surface area contributed by atoms with E-state index < -0.39 is 16.1 Å². The maximum atomic E-state index is 13.4. The van der Waals surface area contributed by atoms with Crippen LogP contribution in [0.5, 0.6) is 11.5 Å². The normalized spacial score (nSPS) is 14.1. The molecule has 2 atom stereocenters. The van der Waals surface area contributed by atoms with E-state index >= 15 is 0 Å². The molecule has 0 saturated heterocycles. The Hall–Kier alpha value is -3.06. The first-order chi connectivity index (χ1) is 21.1. The molecule has 4 nitrogen and oxygen atoms in total. The lowest BCUT2D eigenvalue weighted by Crippen LogP contribution is -2.17. The third kappa shape index (κ3) is 8.64. The van der Waals surface area contributed by atoms with Crippen molar-refractivity contribution < 1.29 is 18.2 Å². The van der Waals surface area contributed by atoms with Gasteiger partial charge < -0.3 is 9.05 Å². The van der Waals surface area contributed by atoms with Gasteiger partial charge in [-0.1, -0.05) is 132 Å². The van der Waals surface area contributed by atoms with Gasteiger partial charge in [-0.2, -0.15) is 0 Å². The smallest absolute Gasteiger partial charge is 0.265 e. The number of rotatable bonds is 7. The molecule has 4 rings (SSSR count). The van der Waals surface area contributed by atoms with E-state index in [2.05, 4.69) is 107 Å². The molecule has 0 aliphatic carbocycles. The first-order valence-corrected chi connectivity index (χ1v) is 18.7. The average Bonchev–Trinajstić information content (AvgIpc) is 2.95. The highest BCUT2D eigenvalue weighted by molar-refractivity contribution is 7.49. The van der Waals surface area contributed by atoms with E-state index in [1.165, 1.54) is 11.1 Å². The topological polar surface area (TPSA) is 52.6 Å². The Kier molecular flexibility index (Phi) is 10.3. The van der Waals surface area contributed by atoms with Crippen LogP contribution in [0.25, 0.3) is 11.1 Å². The third-order valence-corrected chi connectivity index (χ3v) is 10.7. The van der Waals surface area contributed by atoms with Crippen LogP contribution < -0.4 is 19.7 Å². The Morgan fingerprint density at radius 2 is 0.717 bits per heavy atom.